The largest absolute Gasteiger partial charge is 0.433 e. The third-order valence-corrected chi connectivity index (χ3v) is 8.79. The second-order valence-corrected chi connectivity index (χ2v) is 12.1. The van der Waals surface area contributed by atoms with E-state index in [2.05, 4.69) is 30.7 Å². The fraction of sp³-hybridized carbons (Fsp3) is 0.355. The monoisotopic (exact) mass is 702 g/mol. The first-order chi connectivity index (χ1) is 23.4. The summed E-state index contributed by atoms with van der Waals surface area (Å²) in [5.41, 5.74) is 3.21. The number of nitrogens with zero attached hydrogens (tertiary/aromatic N) is 5. The lowest BCUT2D eigenvalue weighted by Gasteiger charge is -2.37. The number of pyridine rings is 1. The molecule has 0 atom stereocenters. The van der Waals surface area contributed by atoms with E-state index in [0.717, 1.165) is 44.4 Å². The first-order valence-electron chi connectivity index (χ1n) is 15.4. The van der Waals surface area contributed by atoms with Crippen LogP contribution in [0, 0.1) is 11.7 Å². The Kier molecular flexibility index (Phi) is 9.56. The molecule has 0 saturated carbocycles. The summed E-state index contributed by atoms with van der Waals surface area (Å²) in [5.74, 6) is -2.20. The molecule has 2 aliphatic rings. The Labute approximate surface area is 281 Å². The normalized spacial score (nSPS) is 15.8. The van der Waals surface area contributed by atoms with Crippen molar-refractivity contribution >= 4 is 35.0 Å². The molecule has 0 bridgehead atoms. The lowest BCUT2D eigenvalue weighted by atomic mass is 9.96. The molecular weight excluding hydrogens is 672 g/mol. The number of nitrogens with two attached hydrogens (primary N) is 1. The zero-order valence-electron chi connectivity index (χ0n) is 25.8. The quantitative estimate of drug-likeness (QED) is 0.182. The van der Waals surface area contributed by atoms with Gasteiger partial charge in [0.15, 0.2) is 11.6 Å². The van der Waals surface area contributed by atoms with Gasteiger partial charge in [0, 0.05) is 44.7 Å². The van der Waals surface area contributed by atoms with Crippen molar-refractivity contribution in [3.63, 3.8) is 0 Å². The molecule has 2 aliphatic heterocycles. The number of aromatic nitrogens is 5. The fourth-order valence-corrected chi connectivity index (χ4v) is 6.19. The molecule has 3 amide bonds. The van der Waals surface area contributed by atoms with E-state index >= 15 is 0 Å². The fourth-order valence-electron chi connectivity index (χ4n) is 5.91. The molecule has 6 rings (SSSR count). The van der Waals surface area contributed by atoms with Gasteiger partial charge in [0.2, 0.25) is 5.91 Å². The Morgan fingerprint density at radius 2 is 1.71 bits per heavy atom. The Balaban J connectivity index is 1.09. The second kappa shape index (κ2) is 13.8. The molecule has 49 heavy (non-hydrogen) atoms. The third kappa shape index (κ3) is 7.22. The molecule has 0 spiro atoms. The molecule has 258 valence electrons. The predicted molar refractivity (Wildman–Crippen MR) is 169 cm³/mol. The number of carbonyl (C=O) groups is 3. The number of piperidine rings is 1. The number of anilines is 1. The van der Waals surface area contributed by atoms with Gasteiger partial charge in [-0.05, 0) is 43.6 Å². The molecule has 3 aromatic heterocycles. The van der Waals surface area contributed by atoms with Gasteiger partial charge in [-0.1, -0.05) is 17.7 Å². The zero-order valence-corrected chi connectivity index (χ0v) is 26.6. The number of aromatic amines is 2. The maximum Gasteiger partial charge on any atom is 0.433 e. The van der Waals surface area contributed by atoms with Gasteiger partial charge in [0.05, 0.1) is 39.9 Å². The highest BCUT2D eigenvalue weighted by atomic mass is 35.5. The minimum atomic E-state index is -4.91. The number of rotatable bonds is 7. The maximum atomic E-state index is 14.6. The lowest BCUT2D eigenvalue weighted by Crippen LogP contribution is -2.52. The van der Waals surface area contributed by atoms with Crippen LogP contribution in [0.25, 0.3) is 22.6 Å². The summed E-state index contributed by atoms with van der Waals surface area (Å²) in [6, 6.07) is 5.59. The van der Waals surface area contributed by atoms with Gasteiger partial charge in [0.1, 0.15) is 17.1 Å². The summed E-state index contributed by atoms with van der Waals surface area (Å²) in [7, 11) is 0. The Morgan fingerprint density at radius 1 is 1.00 bits per heavy atom. The van der Waals surface area contributed by atoms with E-state index in [0.29, 0.717) is 31.7 Å². The van der Waals surface area contributed by atoms with E-state index in [1.54, 1.807) is 17.0 Å². The summed E-state index contributed by atoms with van der Waals surface area (Å²) < 4.78 is 56.2. The van der Waals surface area contributed by atoms with Crippen molar-refractivity contribution in [2.75, 3.05) is 45.0 Å². The molecular formula is C31H31ClF4N10O3. The number of nitrogen functional groups attached to an aromatic ring is 1. The van der Waals surface area contributed by atoms with Crippen LogP contribution in [-0.2, 0) is 17.5 Å². The van der Waals surface area contributed by atoms with Crippen molar-refractivity contribution < 1.29 is 31.9 Å². The topological polar surface area (TPSA) is 178 Å². The molecule has 2 fully saturated rings. The number of piperazine rings is 1. The Bertz CT molecular complexity index is 1880. The van der Waals surface area contributed by atoms with Crippen LogP contribution >= 0.6 is 11.6 Å². The van der Waals surface area contributed by atoms with Gasteiger partial charge < -0.3 is 31.2 Å². The van der Waals surface area contributed by atoms with Crippen molar-refractivity contribution in [2.45, 2.75) is 25.6 Å². The Morgan fingerprint density at radius 3 is 2.39 bits per heavy atom. The number of imidazole rings is 1. The van der Waals surface area contributed by atoms with Crippen LogP contribution in [0.3, 0.4) is 0 Å². The van der Waals surface area contributed by atoms with Gasteiger partial charge in [-0.2, -0.15) is 18.3 Å². The predicted octanol–water partition coefficient (Wildman–Crippen LogP) is 3.47. The molecule has 18 heteroatoms. The van der Waals surface area contributed by atoms with Crippen LogP contribution < -0.4 is 16.4 Å². The van der Waals surface area contributed by atoms with Gasteiger partial charge in [-0.15, -0.1) is 0 Å². The number of halogens is 5. The van der Waals surface area contributed by atoms with Gasteiger partial charge >= 0.3 is 6.18 Å². The van der Waals surface area contributed by atoms with Gasteiger partial charge in [0.25, 0.3) is 11.8 Å². The molecule has 0 unspecified atom stereocenters. The average Bonchev–Trinajstić information content (AvgIpc) is 3.75. The Hall–Kier alpha value is -5.03. The molecule has 6 N–H and O–H groups in total. The van der Waals surface area contributed by atoms with Crippen LogP contribution in [0.15, 0.2) is 36.7 Å². The summed E-state index contributed by atoms with van der Waals surface area (Å²) in [6.45, 7) is 3.24. The minimum Gasteiger partial charge on any atom is -0.397 e. The molecule has 4 aromatic rings. The van der Waals surface area contributed by atoms with Crippen molar-refractivity contribution in [2.24, 2.45) is 5.92 Å². The highest BCUT2D eigenvalue weighted by Crippen LogP contribution is 2.40. The van der Waals surface area contributed by atoms with Crippen LogP contribution in [-0.4, -0.2) is 91.9 Å². The zero-order chi connectivity index (χ0) is 34.9. The van der Waals surface area contributed by atoms with E-state index in [-0.39, 0.29) is 52.1 Å². The maximum absolute atomic E-state index is 14.6. The summed E-state index contributed by atoms with van der Waals surface area (Å²) in [6.07, 6.45) is -1.22. The number of nitrogens with one attached hydrogen (secondary N) is 4. The third-order valence-electron chi connectivity index (χ3n) is 8.48. The van der Waals surface area contributed by atoms with Gasteiger partial charge in [-0.25, -0.2) is 14.4 Å². The summed E-state index contributed by atoms with van der Waals surface area (Å²) in [5, 5.41) is 11.5. The van der Waals surface area contributed by atoms with Crippen LogP contribution in [0.2, 0.25) is 5.02 Å². The minimum absolute atomic E-state index is 0.0103. The van der Waals surface area contributed by atoms with E-state index in [1.165, 1.54) is 6.07 Å². The lowest BCUT2D eigenvalue weighted by molar-refractivity contribution is -0.140. The van der Waals surface area contributed by atoms with Crippen molar-refractivity contribution in [1.82, 2.24) is 45.6 Å². The smallest absolute Gasteiger partial charge is 0.397 e. The van der Waals surface area contributed by atoms with Crippen molar-refractivity contribution in [3.05, 3.63) is 70.1 Å². The van der Waals surface area contributed by atoms with Crippen molar-refractivity contribution in [3.8, 4) is 22.6 Å². The summed E-state index contributed by atoms with van der Waals surface area (Å²) in [4.78, 5) is 52.7. The first-order valence-corrected chi connectivity index (χ1v) is 15.8. The van der Waals surface area contributed by atoms with Crippen molar-refractivity contribution in [1.29, 1.82) is 0 Å². The molecule has 2 saturated heterocycles. The molecule has 1 aromatic carbocycles. The number of amides is 3. The number of H-pyrrole nitrogens is 2. The number of alkyl halides is 3. The number of hydrogen-bond acceptors (Lipinski definition) is 8. The molecule has 0 radical (unpaired) electrons. The van der Waals surface area contributed by atoms with Crippen LogP contribution in [0.1, 0.15) is 45.1 Å². The molecule has 0 aliphatic carbocycles. The van der Waals surface area contributed by atoms with E-state index in [4.69, 9.17) is 17.3 Å². The van der Waals surface area contributed by atoms with Gasteiger partial charge in [-0.3, -0.25) is 19.5 Å². The summed E-state index contributed by atoms with van der Waals surface area (Å²) >= 11 is 6.46. The first kappa shape index (κ1) is 33.9. The second-order valence-electron chi connectivity index (χ2n) is 11.7. The SMILES string of the molecule is Nc1cnc(-c2n[nH]c(C(F)(F)F)c2-c2cnc(C(=O)NCc3ccc(C(=O)N4CCN(C(=O)C5CCNCC5)CC4)c(Cl)c3)[nH]2)c(F)c1. The van der Waals surface area contributed by atoms with Crippen LogP contribution in [0.4, 0.5) is 23.2 Å². The average molecular weight is 703 g/mol. The highest BCUT2D eigenvalue weighted by Gasteiger charge is 2.39. The standard InChI is InChI=1S/C31H31ClF4N10O3/c32-20-11-16(1-2-19(20)30(49)46-9-7-45(8-10-46)29(48)17-3-5-38-6-4-17)13-41-28(47)27-40-15-22(42-27)23-25(43-44-26(23)31(34,35)36)24-21(33)12-18(37)14-39-24/h1-2,11-12,14-15,17,38H,3-10,13,37H2,(H,40,42)(H,41,47)(H,43,44). The molecule has 13 nitrogen and oxygen atoms in total. The van der Waals surface area contributed by atoms with E-state index < -0.39 is 40.5 Å². The van der Waals surface area contributed by atoms with E-state index in [9.17, 15) is 31.9 Å². The highest BCUT2D eigenvalue weighted by molar-refractivity contribution is 6.33. The van der Waals surface area contributed by atoms with Crippen LogP contribution in [0.5, 0.6) is 0 Å². The molecule has 5 heterocycles. The van der Waals surface area contributed by atoms with E-state index in [1.807, 2.05) is 10.00 Å². The number of hydrogen-bond donors (Lipinski definition) is 5. The number of benzene rings is 1. The number of carbonyl (C=O) groups excluding carboxylic acids is 3.